The molecule has 0 radical (unpaired) electrons. The Morgan fingerprint density at radius 2 is 0.468 bits per heavy atom. The van der Waals surface area contributed by atoms with Gasteiger partial charge in [-0.3, -0.25) is 0 Å². The van der Waals surface area contributed by atoms with Crippen LogP contribution in [0.5, 0.6) is 5.75 Å². The number of ether oxygens (including phenoxy) is 16. The first-order valence-corrected chi connectivity index (χ1v) is 27.6. The van der Waals surface area contributed by atoms with Gasteiger partial charge in [-0.1, -0.05) is 134 Å². The minimum absolute atomic E-state index is 0.0186. The quantitative estimate of drug-likeness (QED) is 0.0335. The highest BCUT2D eigenvalue weighted by Gasteiger charge is 2.11. The van der Waals surface area contributed by atoms with Crippen LogP contribution < -0.4 is 4.74 Å². The van der Waals surface area contributed by atoms with Crippen LogP contribution in [0.4, 0.5) is 0 Å². The molecule has 1 N–H and O–H groups in total. The monoisotopic (exact) mass is 1100 g/mol. The van der Waals surface area contributed by atoms with Gasteiger partial charge in [0.2, 0.25) is 0 Å². The van der Waals surface area contributed by atoms with Crippen molar-refractivity contribution in [2.75, 3.05) is 211 Å². The van der Waals surface area contributed by atoms with Gasteiger partial charge in [-0.25, -0.2) is 0 Å². The molecule has 17 heteroatoms. The van der Waals surface area contributed by atoms with E-state index >= 15 is 0 Å². The van der Waals surface area contributed by atoms with E-state index in [0.717, 1.165) is 39.1 Å². The Hall–Kier alpha value is -4.74. The zero-order chi connectivity index (χ0) is 55.2. The molecule has 0 saturated heterocycles. The minimum Gasteiger partial charge on any atom is -0.491 e. The largest absolute Gasteiger partial charge is 0.491 e. The fourth-order valence-electron chi connectivity index (χ4n) is 6.96. The molecule has 0 unspecified atom stereocenters. The molecule has 4 rings (SSSR count). The molecule has 0 spiro atoms. The van der Waals surface area contributed by atoms with Crippen LogP contribution in [0.2, 0.25) is 0 Å². The summed E-state index contributed by atoms with van der Waals surface area (Å²) in [6, 6.07) is 35.0. The Morgan fingerprint density at radius 3 is 0.747 bits per heavy atom. The first-order valence-electron chi connectivity index (χ1n) is 27.6. The van der Waals surface area contributed by atoms with Gasteiger partial charge >= 0.3 is 0 Å². The normalized spacial score (nSPS) is 11.8. The first-order chi connectivity index (χ1) is 39.3. The Balaban J connectivity index is 0.876. The van der Waals surface area contributed by atoms with Crippen LogP contribution in [0.3, 0.4) is 0 Å². The average molecular weight is 1110 g/mol. The summed E-state index contributed by atoms with van der Waals surface area (Å²) in [5.74, 6) is 0.779. The molecule has 0 aromatic heterocycles. The van der Waals surface area contributed by atoms with Gasteiger partial charge in [-0.05, 0) is 33.9 Å². The smallest absolute Gasteiger partial charge is 0.127 e. The Labute approximate surface area is 469 Å². The number of hydrogen-bond donors (Lipinski definition) is 1. The maximum atomic E-state index is 8.62. The van der Waals surface area contributed by atoms with E-state index in [1.54, 1.807) is 0 Å². The number of benzene rings is 4. The summed E-state index contributed by atoms with van der Waals surface area (Å²) >= 11 is 0. The van der Waals surface area contributed by atoms with E-state index in [1.165, 1.54) is 0 Å². The van der Waals surface area contributed by atoms with Crippen molar-refractivity contribution >= 4 is 36.5 Å². The molecule has 0 amide bonds. The van der Waals surface area contributed by atoms with E-state index in [4.69, 9.17) is 80.9 Å². The van der Waals surface area contributed by atoms with Crippen LogP contribution >= 0.6 is 0 Å². The lowest BCUT2D eigenvalue weighted by molar-refractivity contribution is -0.0302. The number of rotatable bonds is 54. The predicted molar refractivity (Wildman–Crippen MR) is 307 cm³/mol. The van der Waals surface area contributed by atoms with E-state index in [0.29, 0.717) is 205 Å². The second-order valence-corrected chi connectivity index (χ2v) is 17.0. The van der Waals surface area contributed by atoms with Crippen LogP contribution in [0.1, 0.15) is 33.4 Å². The molecule has 0 heterocycles. The third-order valence-electron chi connectivity index (χ3n) is 10.9. The van der Waals surface area contributed by atoms with Gasteiger partial charge < -0.3 is 80.9 Å². The summed E-state index contributed by atoms with van der Waals surface area (Å²) in [5, 5.41) is 8.62. The van der Waals surface area contributed by atoms with Crippen LogP contribution in [-0.4, -0.2) is 217 Å². The molecular weight excluding hydrogens is 1020 g/mol. The molecule has 0 aliphatic heterocycles. The molecule has 4 aromatic rings. The summed E-state index contributed by atoms with van der Waals surface area (Å²) in [7, 11) is 0. The Bertz CT molecular complexity index is 2060. The van der Waals surface area contributed by atoms with Crippen LogP contribution in [0.15, 0.2) is 103 Å². The highest BCUT2D eigenvalue weighted by atomic mass is 16.6. The number of aliphatic hydroxyl groups excluding tert-OH is 1. The zero-order valence-corrected chi connectivity index (χ0v) is 46.4. The fraction of sp³-hybridized carbons (Fsp3) is 0.516. The van der Waals surface area contributed by atoms with E-state index in [2.05, 4.69) is 78.9 Å². The third-order valence-corrected chi connectivity index (χ3v) is 10.9. The molecule has 0 atom stereocenters. The molecule has 0 fully saturated rings. The van der Waals surface area contributed by atoms with Gasteiger partial charge in [0.25, 0.3) is 0 Å². The molecule has 4 aromatic carbocycles. The van der Waals surface area contributed by atoms with Crippen molar-refractivity contribution in [1.82, 2.24) is 0 Å². The summed E-state index contributed by atoms with van der Waals surface area (Å²) in [6.45, 7) is 14.7. The Kier molecular flexibility index (Phi) is 42.5. The van der Waals surface area contributed by atoms with E-state index < -0.39 is 0 Å². The maximum Gasteiger partial charge on any atom is 0.127 e. The van der Waals surface area contributed by atoms with Crippen LogP contribution in [-0.2, 0) is 71.1 Å². The third kappa shape index (κ3) is 37.0. The fourth-order valence-corrected chi connectivity index (χ4v) is 6.96. The Morgan fingerprint density at radius 1 is 0.228 bits per heavy atom. The van der Waals surface area contributed by atoms with Crippen molar-refractivity contribution in [3.63, 3.8) is 0 Å². The summed E-state index contributed by atoms with van der Waals surface area (Å²) < 4.78 is 89.2. The average Bonchev–Trinajstić information content (AvgIpc) is 3.53. The van der Waals surface area contributed by atoms with Crippen molar-refractivity contribution in [3.8, 4) is 5.75 Å². The van der Waals surface area contributed by atoms with E-state index in [9.17, 15) is 0 Å². The lowest BCUT2D eigenvalue weighted by atomic mass is 9.96. The number of hydrogen-bond acceptors (Lipinski definition) is 17. The maximum absolute atomic E-state index is 8.62. The van der Waals surface area contributed by atoms with E-state index in [-0.39, 0.29) is 6.61 Å². The lowest BCUT2D eigenvalue weighted by Gasteiger charge is -2.15. The van der Waals surface area contributed by atoms with Crippen LogP contribution in [0, 0.1) is 0 Å². The van der Waals surface area contributed by atoms with Gasteiger partial charge in [0, 0.05) is 5.56 Å². The van der Waals surface area contributed by atoms with Gasteiger partial charge in [-0.15, -0.1) is 0 Å². The molecule has 17 nitrogen and oxygen atoms in total. The van der Waals surface area contributed by atoms with Crippen LogP contribution in [0.25, 0.3) is 36.5 Å². The number of aliphatic hydroxyl groups is 1. The van der Waals surface area contributed by atoms with Gasteiger partial charge in [0.05, 0.1) is 205 Å². The highest BCUT2D eigenvalue weighted by molar-refractivity contribution is 5.87. The van der Waals surface area contributed by atoms with Crippen molar-refractivity contribution in [1.29, 1.82) is 0 Å². The topological polar surface area (TPSA) is 168 Å². The highest BCUT2D eigenvalue weighted by Crippen LogP contribution is 2.31. The molecule has 79 heavy (non-hydrogen) atoms. The molecule has 0 aliphatic carbocycles. The molecular formula is C62H88O17. The van der Waals surface area contributed by atoms with Crippen molar-refractivity contribution < 1.29 is 80.9 Å². The molecule has 438 valence electrons. The second kappa shape index (κ2) is 50.2. The SMILES string of the molecule is OCCOCCOCCOCCOCCOCCOCCOCCOCCOCCOCCOCCOCCOCCOCCOCCOc1ccc(C=Cc2ccccc2)c(C=Cc2ccccc2)c1C=Cc1ccccc1. The van der Waals surface area contributed by atoms with Gasteiger partial charge in [0.1, 0.15) is 12.4 Å². The summed E-state index contributed by atoms with van der Waals surface area (Å²) in [5.41, 5.74) is 6.48. The van der Waals surface area contributed by atoms with Crippen molar-refractivity contribution in [2.45, 2.75) is 0 Å². The second-order valence-electron chi connectivity index (χ2n) is 17.0. The standard InChI is InChI=1S/C62H88O17/c63-24-25-64-26-27-65-28-29-66-30-31-67-32-33-68-34-35-69-36-37-70-38-39-71-40-41-72-42-43-73-44-45-74-46-47-75-48-49-76-50-51-77-52-53-78-54-55-79-62-23-20-59(19-16-56-10-4-1-5-11-56)60(21-17-57-12-6-2-7-13-57)61(62)22-18-58-14-8-3-9-15-58/h1-23,63H,24-55H2. The predicted octanol–water partition coefficient (Wildman–Crippen LogP) is 7.82. The van der Waals surface area contributed by atoms with Crippen molar-refractivity contribution in [2.24, 2.45) is 0 Å². The minimum atomic E-state index is 0.0186. The summed E-state index contributed by atoms with van der Waals surface area (Å²) in [4.78, 5) is 0. The summed E-state index contributed by atoms with van der Waals surface area (Å²) in [6.07, 6.45) is 12.8. The van der Waals surface area contributed by atoms with Gasteiger partial charge in [-0.2, -0.15) is 0 Å². The van der Waals surface area contributed by atoms with Crippen molar-refractivity contribution in [3.05, 3.63) is 137 Å². The van der Waals surface area contributed by atoms with Gasteiger partial charge in [0.15, 0.2) is 0 Å². The molecule has 0 aliphatic rings. The lowest BCUT2D eigenvalue weighted by Crippen LogP contribution is -2.16. The molecule has 0 saturated carbocycles. The van der Waals surface area contributed by atoms with E-state index in [1.807, 2.05) is 60.7 Å². The zero-order valence-electron chi connectivity index (χ0n) is 46.4. The molecule has 0 bridgehead atoms. The first kappa shape index (κ1) is 66.8.